The van der Waals surface area contributed by atoms with Crippen LogP contribution in [0.15, 0.2) is 10.7 Å². The number of nitrogens with one attached hydrogen (secondary N) is 1. The largest absolute Gasteiger partial charge is 0.446 e. The Morgan fingerprint density at radius 1 is 0.935 bits per heavy atom. The molecule has 31 heavy (non-hydrogen) atoms. The molecule has 0 saturated heterocycles. The number of hydrogen-bond acceptors (Lipinski definition) is 4. The van der Waals surface area contributed by atoms with Crippen LogP contribution in [0.1, 0.15) is 119 Å². The van der Waals surface area contributed by atoms with Crippen molar-refractivity contribution in [1.29, 1.82) is 0 Å². The highest BCUT2D eigenvalue weighted by molar-refractivity contribution is 5.92. The van der Waals surface area contributed by atoms with Gasteiger partial charge in [0.25, 0.3) is 5.91 Å². The molecule has 0 spiro atoms. The summed E-state index contributed by atoms with van der Waals surface area (Å²) >= 11 is 0. The van der Waals surface area contributed by atoms with Crippen molar-refractivity contribution in [2.24, 2.45) is 5.92 Å². The summed E-state index contributed by atoms with van der Waals surface area (Å²) in [6.45, 7) is 0.380. The van der Waals surface area contributed by atoms with E-state index in [9.17, 15) is 9.59 Å². The second-order valence-electron chi connectivity index (χ2n) is 9.94. The molecule has 6 nitrogen and oxygen atoms in total. The van der Waals surface area contributed by atoms with Crippen molar-refractivity contribution in [3.05, 3.63) is 17.8 Å². The molecule has 2 amide bonds. The number of hydrogen-bond donors (Lipinski definition) is 1. The minimum Gasteiger partial charge on any atom is -0.446 e. The highest BCUT2D eigenvalue weighted by Crippen LogP contribution is 2.30. The molecule has 0 unspecified atom stereocenters. The van der Waals surface area contributed by atoms with E-state index >= 15 is 0 Å². The van der Waals surface area contributed by atoms with Crippen molar-refractivity contribution in [3.8, 4) is 0 Å². The van der Waals surface area contributed by atoms with Crippen LogP contribution in [0.25, 0.3) is 0 Å². The Hall–Kier alpha value is -1.85. The van der Waals surface area contributed by atoms with Crippen LogP contribution in [0.3, 0.4) is 0 Å². The number of nitrogens with zero attached hydrogens (tertiary/aromatic N) is 2. The molecule has 1 N–H and O–H groups in total. The lowest BCUT2D eigenvalue weighted by Gasteiger charge is -2.34. The van der Waals surface area contributed by atoms with E-state index in [0.717, 1.165) is 32.1 Å². The number of oxazole rings is 1. The zero-order valence-corrected chi connectivity index (χ0v) is 18.9. The van der Waals surface area contributed by atoms with Crippen LogP contribution in [-0.2, 0) is 11.3 Å². The molecule has 3 aliphatic rings. The zero-order chi connectivity index (χ0) is 21.5. The highest BCUT2D eigenvalue weighted by Gasteiger charge is 2.28. The Labute approximate surface area is 186 Å². The van der Waals surface area contributed by atoms with Gasteiger partial charge in [-0.2, -0.15) is 0 Å². The molecule has 3 saturated carbocycles. The average Bonchev–Trinajstić information content (AvgIpc) is 3.49. The van der Waals surface area contributed by atoms with E-state index in [1.165, 1.54) is 70.5 Å². The molecule has 4 rings (SSSR count). The maximum Gasteiger partial charge on any atom is 0.273 e. The van der Waals surface area contributed by atoms with Gasteiger partial charge in [-0.15, -0.1) is 0 Å². The minimum absolute atomic E-state index is 0.154. The van der Waals surface area contributed by atoms with Crippen molar-refractivity contribution in [2.75, 3.05) is 0 Å². The standard InChI is InChI=1S/C25H39N3O3/c29-24(16-15-19-9-7-8-10-19)28(21-13-5-2-6-14-21)17-23-27-22(18-31-23)25(30)26-20-11-3-1-4-12-20/h18-21H,1-17H2,(H,26,30). The summed E-state index contributed by atoms with van der Waals surface area (Å²) in [6.07, 6.45) is 19.7. The molecular formula is C25H39N3O3. The van der Waals surface area contributed by atoms with Crippen LogP contribution >= 0.6 is 0 Å². The van der Waals surface area contributed by atoms with E-state index in [1.54, 1.807) is 0 Å². The predicted molar refractivity (Wildman–Crippen MR) is 119 cm³/mol. The van der Waals surface area contributed by atoms with Crippen molar-refractivity contribution in [1.82, 2.24) is 15.2 Å². The Balaban J connectivity index is 1.36. The third kappa shape index (κ3) is 6.33. The van der Waals surface area contributed by atoms with Crippen molar-refractivity contribution < 1.29 is 14.0 Å². The van der Waals surface area contributed by atoms with Crippen molar-refractivity contribution in [3.63, 3.8) is 0 Å². The molecule has 0 bridgehead atoms. The topological polar surface area (TPSA) is 75.4 Å². The molecule has 6 heteroatoms. The molecule has 172 valence electrons. The van der Waals surface area contributed by atoms with Gasteiger partial charge in [-0.3, -0.25) is 9.59 Å². The van der Waals surface area contributed by atoms with Crippen LogP contribution in [0, 0.1) is 5.92 Å². The van der Waals surface area contributed by atoms with Gasteiger partial charge in [-0.05, 0) is 38.0 Å². The summed E-state index contributed by atoms with van der Waals surface area (Å²) in [5, 5.41) is 3.10. The van der Waals surface area contributed by atoms with Crippen molar-refractivity contribution in [2.45, 2.75) is 121 Å². The van der Waals surface area contributed by atoms with Crippen LogP contribution in [0.2, 0.25) is 0 Å². The molecule has 0 atom stereocenters. The maximum atomic E-state index is 13.2. The average molecular weight is 430 g/mol. The first-order chi connectivity index (χ1) is 15.2. The SMILES string of the molecule is O=C(NC1CCCCC1)c1coc(CN(C(=O)CCC2CCCC2)C2CCCCC2)n1. The lowest BCUT2D eigenvalue weighted by atomic mass is 9.93. The smallest absolute Gasteiger partial charge is 0.273 e. The third-order valence-electron chi connectivity index (χ3n) is 7.61. The van der Waals surface area contributed by atoms with E-state index in [-0.39, 0.29) is 23.9 Å². The first-order valence-corrected chi connectivity index (χ1v) is 12.7. The van der Waals surface area contributed by atoms with Crippen LogP contribution in [0.5, 0.6) is 0 Å². The van der Waals surface area contributed by atoms with Gasteiger partial charge in [-0.25, -0.2) is 4.98 Å². The molecule has 1 heterocycles. The summed E-state index contributed by atoms with van der Waals surface area (Å²) in [6, 6.07) is 0.522. The van der Waals surface area contributed by atoms with Gasteiger partial charge >= 0.3 is 0 Å². The molecule has 0 aromatic carbocycles. The van der Waals surface area contributed by atoms with E-state index in [0.29, 0.717) is 30.5 Å². The van der Waals surface area contributed by atoms with Gasteiger partial charge in [0, 0.05) is 18.5 Å². The molecule has 0 aliphatic heterocycles. The number of carbonyl (C=O) groups is 2. The number of rotatable bonds is 8. The van der Waals surface area contributed by atoms with Crippen LogP contribution < -0.4 is 5.32 Å². The fourth-order valence-electron chi connectivity index (χ4n) is 5.72. The maximum absolute atomic E-state index is 13.2. The Bertz CT molecular complexity index is 713. The quantitative estimate of drug-likeness (QED) is 0.603. The van der Waals surface area contributed by atoms with Gasteiger partial charge < -0.3 is 14.6 Å². The van der Waals surface area contributed by atoms with Gasteiger partial charge in [0.05, 0.1) is 6.54 Å². The number of aromatic nitrogens is 1. The second kappa shape index (κ2) is 11.1. The number of amides is 2. The molecule has 1 aromatic rings. The Morgan fingerprint density at radius 2 is 1.58 bits per heavy atom. The van der Waals surface area contributed by atoms with Crippen LogP contribution in [0.4, 0.5) is 0 Å². The summed E-state index contributed by atoms with van der Waals surface area (Å²) in [7, 11) is 0. The van der Waals surface area contributed by atoms with Crippen LogP contribution in [-0.4, -0.2) is 33.8 Å². The number of carbonyl (C=O) groups excluding carboxylic acids is 2. The van der Waals surface area contributed by atoms with E-state index in [2.05, 4.69) is 10.3 Å². The van der Waals surface area contributed by atoms with Gasteiger partial charge in [-0.1, -0.05) is 64.2 Å². The normalized spacial score (nSPS) is 21.3. The minimum atomic E-state index is -0.154. The summed E-state index contributed by atoms with van der Waals surface area (Å²) in [4.78, 5) is 32.2. The van der Waals surface area contributed by atoms with Crippen molar-refractivity contribution >= 4 is 11.8 Å². The van der Waals surface area contributed by atoms with E-state index in [1.807, 2.05) is 4.90 Å². The molecular weight excluding hydrogens is 390 g/mol. The zero-order valence-electron chi connectivity index (χ0n) is 18.9. The highest BCUT2D eigenvalue weighted by atomic mass is 16.3. The molecule has 0 radical (unpaired) electrons. The lowest BCUT2D eigenvalue weighted by Crippen LogP contribution is -2.41. The molecule has 3 aliphatic carbocycles. The first kappa shape index (κ1) is 22.3. The predicted octanol–water partition coefficient (Wildman–Crippen LogP) is 5.37. The third-order valence-corrected chi connectivity index (χ3v) is 7.61. The van der Waals surface area contributed by atoms with Gasteiger partial charge in [0.2, 0.25) is 11.8 Å². The Kier molecular flexibility index (Phi) is 8.03. The van der Waals surface area contributed by atoms with Gasteiger partial charge in [0.1, 0.15) is 6.26 Å². The Morgan fingerprint density at radius 3 is 2.29 bits per heavy atom. The summed E-state index contributed by atoms with van der Waals surface area (Å²) in [5.74, 6) is 1.27. The fourth-order valence-corrected chi connectivity index (χ4v) is 5.72. The second-order valence-corrected chi connectivity index (χ2v) is 9.94. The molecule has 1 aromatic heterocycles. The lowest BCUT2D eigenvalue weighted by molar-refractivity contribution is -0.135. The summed E-state index contributed by atoms with van der Waals surface area (Å²) < 4.78 is 5.66. The van der Waals surface area contributed by atoms with Gasteiger partial charge in [0.15, 0.2) is 5.69 Å². The monoisotopic (exact) mass is 429 g/mol. The van der Waals surface area contributed by atoms with E-state index in [4.69, 9.17) is 4.42 Å². The fraction of sp³-hybridized carbons (Fsp3) is 0.800. The van der Waals surface area contributed by atoms with E-state index < -0.39 is 0 Å². The summed E-state index contributed by atoms with van der Waals surface area (Å²) in [5.41, 5.74) is 0.336. The first-order valence-electron chi connectivity index (χ1n) is 12.7. The molecule has 3 fully saturated rings.